The zero-order valence-corrected chi connectivity index (χ0v) is 11.0. The standard InChI is InChI=1S/C14H20N2.ClH/c15-14-6-1-3-11(7-14)8-16-9-12-4-2-5-13(12)10-16;/h1,3,6-7,12-13H,2,4-5,8-10,15H2;1H. The second kappa shape index (κ2) is 5.28. The molecule has 17 heavy (non-hydrogen) atoms. The van der Waals surface area contributed by atoms with Crippen molar-refractivity contribution in [1.29, 1.82) is 0 Å². The number of fused-ring (bicyclic) bond motifs is 1. The number of hydrogen-bond donors (Lipinski definition) is 1. The van der Waals surface area contributed by atoms with E-state index in [0.717, 1.165) is 24.1 Å². The number of rotatable bonds is 2. The highest BCUT2D eigenvalue weighted by molar-refractivity contribution is 5.85. The molecule has 2 aliphatic rings. The van der Waals surface area contributed by atoms with Crippen LogP contribution in [-0.2, 0) is 6.54 Å². The quantitative estimate of drug-likeness (QED) is 0.820. The molecule has 1 heterocycles. The molecular formula is C14H21ClN2. The van der Waals surface area contributed by atoms with E-state index in [9.17, 15) is 0 Å². The lowest BCUT2D eigenvalue weighted by molar-refractivity contribution is 0.303. The largest absolute Gasteiger partial charge is 0.399 e. The first kappa shape index (κ1) is 12.7. The lowest BCUT2D eigenvalue weighted by Crippen LogP contribution is -2.21. The van der Waals surface area contributed by atoms with Gasteiger partial charge in [-0.2, -0.15) is 0 Å². The van der Waals surface area contributed by atoms with Crippen molar-refractivity contribution in [3.8, 4) is 0 Å². The zero-order chi connectivity index (χ0) is 11.0. The molecule has 94 valence electrons. The van der Waals surface area contributed by atoms with Crippen molar-refractivity contribution in [2.24, 2.45) is 11.8 Å². The van der Waals surface area contributed by atoms with Gasteiger partial charge in [0.05, 0.1) is 0 Å². The van der Waals surface area contributed by atoms with E-state index in [-0.39, 0.29) is 12.4 Å². The third-order valence-corrected chi connectivity index (χ3v) is 4.16. The molecular weight excluding hydrogens is 232 g/mol. The van der Waals surface area contributed by atoms with Crippen molar-refractivity contribution in [2.45, 2.75) is 25.8 Å². The minimum atomic E-state index is 0. The molecule has 1 aromatic carbocycles. The number of nitrogens with zero attached hydrogens (tertiary/aromatic N) is 1. The van der Waals surface area contributed by atoms with Gasteiger partial charge in [-0.15, -0.1) is 12.4 Å². The Morgan fingerprint density at radius 1 is 1.18 bits per heavy atom. The average molecular weight is 253 g/mol. The van der Waals surface area contributed by atoms with Crippen molar-refractivity contribution in [2.75, 3.05) is 18.8 Å². The lowest BCUT2D eigenvalue weighted by Gasteiger charge is -2.16. The van der Waals surface area contributed by atoms with E-state index in [2.05, 4.69) is 23.1 Å². The Kier molecular flexibility index (Phi) is 3.95. The topological polar surface area (TPSA) is 29.3 Å². The minimum absolute atomic E-state index is 0. The van der Waals surface area contributed by atoms with Crippen molar-refractivity contribution in [3.63, 3.8) is 0 Å². The smallest absolute Gasteiger partial charge is 0.0317 e. The fraction of sp³-hybridized carbons (Fsp3) is 0.571. The summed E-state index contributed by atoms with van der Waals surface area (Å²) in [7, 11) is 0. The van der Waals surface area contributed by atoms with Crippen molar-refractivity contribution >= 4 is 18.1 Å². The summed E-state index contributed by atoms with van der Waals surface area (Å²) in [6.45, 7) is 3.69. The molecule has 2 N–H and O–H groups in total. The Morgan fingerprint density at radius 2 is 1.88 bits per heavy atom. The monoisotopic (exact) mass is 252 g/mol. The van der Waals surface area contributed by atoms with Crippen LogP contribution in [-0.4, -0.2) is 18.0 Å². The van der Waals surface area contributed by atoms with Crippen LogP contribution in [0.25, 0.3) is 0 Å². The summed E-state index contributed by atoms with van der Waals surface area (Å²) in [6.07, 6.45) is 4.37. The van der Waals surface area contributed by atoms with Crippen LogP contribution in [0, 0.1) is 11.8 Å². The second-order valence-electron chi connectivity index (χ2n) is 5.39. The number of anilines is 1. The molecule has 1 saturated carbocycles. The summed E-state index contributed by atoms with van der Waals surface area (Å²) in [6, 6.07) is 8.31. The summed E-state index contributed by atoms with van der Waals surface area (Å²) >= 11 is 0. The third-order valence-electron chi connectivity index (χ3n) is 4.16. The molecule has 0 aromatic heterocycles. The Labute approximate surface area is 110 Å². The van der Waals surface area contributed by atoms with Crippen molar-refractivity contribution in [3.05, 3.63) is 29.8 Å². The molecule has 2 unspecified atom stereocenters. The van der Waals surface area contributed by atoms with Gasteiger partial charge in [0, 0.05) is 25.3 Å². The van der Waals surface area contributed by atoms with Gasteiger partial charge in [-0.05, 0) is 42.4 Å². The normalized spacial score (nSPS) is 27.8. The van der Waals surface area contributed by atoms with E-state index in [1.807, 2.05) is 6.07 Å². The van der Waals surface area contributed by atoms with Crippen LogP contribution in [0.1, 0.15) is 24.8 Å². The SMILES string of the molecule is Cl.Nc1cccc(CN2CC3CCCC3C2)c1. The highest BCUT2D eigenvalue weighted by atomic mass is 35.5. The van der Waals surface area contributed by atoms with E-state index < -0.39 is 0 Å². The van der Waals surface area contributed by atoms with Gasteiger partial charge in [0.1, 0.15) is 0 Å². The number of nitrogens with two attached hydrogens (primary N) is 1. The molecule has 3 rings (SSSR count). The van der Waals surface area contributed by atoms with Crippen LogP contribution in [0.2, 0.25) is 0 Å². The van der Waals surface area contributed by atoms with Gasteiger partial charge >= 0.3 is 0 Å². The maximum absolute atomic E-state index is 5.81. The van der Waals surface area contributed by atoms with Crippen LogP contribution >= 0.6 is 12.4 Å². The predicted octanol–water partition coefficient (Wildman–Crippen LogP) is 2.92. The van der Waals surface area contributed by atoms with Crippen molar-refractivity contribution in [1.82, 2.24) is 4.90 Å². The molecule has 2 atom stereocenters. The predicted molar refractivity (Wildman–Crippen MR) is 74.2 cm³/mol. The molecule has 1 aromatic rings. The van der Waals surface area contributed by atoms with E-state index >= 15 is 0 Å². The highest BCUT2D eigenvalue weighted by Crippen LogP contribution is 2.38. The van der Waals surface area contributed by atoms with Crippen molar-refractivity contribution < 1.29 is 0 Å². The van der Waals surface area contributed by atoms with E-state index in [0.29, 0.717) is 0 Å². The molecule has 1 aliphatic carbocycles. The van der Waals surface area contributed by atoms with Gasteiger partial charge in [-0.25, -0.2) is 0 Å². The average Bonchev–Trinajstić information content (AvgIpc) is 2.77. The minimum Gasteiger partial charge on any atom is -0.399 e. The van der Waals surface area contributed by atoms with Gasteiger partial charge in [0.2, 0.25) is 0 Å². The summed E-state index contributed by atoms with van der Waals surface area (Å²) in [5, 5.41) is 0. The maximum Gasteiger partial charge on any atom is 0.0317 e. The van der Waals surface area contributed by atoms with Gasteiger partial charge < -0.3 is 5.73 Å². The number of halogens is 1. The Hall–Kier alpha value is -0.730. The first-order valence-electron chi connectivity index (χ1n) is 6.38. The molecule has 1 saturated heterocycles. The molecule has 0 bridgehead atoms. The number of likely N-dealkylation sites (tertiary alicyclic amines) is 1. The van der Waals surface area contributed by atoms with Gasteiger partial charge in [0.15, 0.2) is 0 Å². The highest BCUT2D eigenvalue weighted by Gasteiger charge is 2.35. The molecule has 3 heteroatoms. The van der Waals surface area contributed by atoms with Gasteiger partial charge in [-0.1, -0.05) is 18.6 Å². The molecule has 2 fully saturated rings. The summed E-state index contributed by atoms with van der Waals surface area (Å²) < 4.78 is 0. The zero-order valence-electron chi connectivity index (χ0n) is 10.1. The van der Waals surface area contributed by atoms with Crippen LogP contribution in [0.5, 0.6) is 0 Å². The summed E-state index contributed by atoms with van der Waals surface area (Å²) in [5.41, 5.74) is 8.05. The van der Waals surface area contributed by atoms with Crippen LogP contribution in [0.15, 0.2) is 24.3 Å². The molecule has 0 spiro atoms. The third kappa shape index (κ3) is 2.75. The van der Waals surface area contributed by atoms with Crippen LogP contribution in [0.3, 0.4) is 0 Å². The first-order valence-corrected chi connectivity index (χ1v) is 6.38. The lowest BCUT2D eigenvalue weighted by atomic mass is 10.0. The first-order chi connectivity index (χ1) is 7.81. The maximum atomic E-state index is 5.81. The van der Waals surface area contributed by atoms with E-state index in [1.54, 1.807) is 0 Å². The summed E-state index contributed by atoms with van der Waals surface area (Å²) in [5.74, 6) is 1.97. The summed E-state index contributed by atoms with van der Waals surface area (Å²) in [4.78, 5) is 2.60. The van der Waals surface area contributed by atoms with Crippen LogP contribution < -0.4 is 5.73 Å². The molecule has 0 radical (unpaired) electrons. The van der Waals surface area contributed by atoms with E-state index in [1.165, 1.54) is 37.9 Å². The Morgan fingerprint density at radius 3 is 2.53 bits per heavy atom. The molecule has 0 amide bonds. The molecule has 1 aliphatic heterocycles. The van der Waals surface area contributed by atoms with Gasteiger partial charge in [-0.3, -0.25) is 4.90 Å². The Bertz CT molecular complexity index is 368. The molecule has 2 nitrogen and oxygen atoms in total. The van der Waals surface area contributed by atoms with Gasteiger partial charge in [0.25, 0.3) is 0 Å². The fourth-order valence-corrected chi connectivity index (χ4v) is 3.41. The number of benzene rings is 1. The Balaban J connectivity index is 0.00000108. The second-order valence-corrected chi connectivity index (χ2v) is 5.39. The fourth-order valence-electron chi connectivity index (χ4n) is 3.41. The van der Waals surface area contributed by atoms with Crippen LogP contribution in [0.4, 0.5) is 5.69 Å². The number of nitrogen functional groups attached to an aromatic ring is 1. The van der Waals surface area contributed by atoms with E-state index in [4.69, 9.17) is 5.73 Å². The number of hydrogen-bond acceptors (Lipinski definition) is 2.